The summed E-state index contributed by atoms with van der Waals surface area (Å²) in [5, 5.41) is 16.7. The van der Waals surface area contributed by atoms with Crippen molar-refractivity contribution >= 4 is 17.7 Å². The van der Waals surface area contributed by atoms with Gasteiger partial charge in [-0.05, 0) is 26.7 Å². The predicted molar refractivity (Wildman–Crippen MR) is 90.7 cm³/mol. The Morgan fingerprint density at radius 2 is 1.22 bits per heavy atom. The van der Waals surface area contributed by atoms with Crippen molar-refractivity contribution in [1.29, 1.82) is 0 Å². The molecule has 154 valence electrons. The van der Waals surface area contributed by atoms with Gasteiger partial charge in [0.25, 0.3) is 0 Å². The van der Waals surface area contributed by atoms with Crippen molar-refractivity contribution in [1.82, 2.24) is 0 Å². The topological polar surface area (TPSA) is 91.7 Å². The van der Waals surface area contributed by atoms with Crippen LogP contribution in [0.2, 0.25) is 0 Å². The molecular weight excluding hydrogens is 372 g/mol. The number of benzene rings is 1. The molecule has 0 saturated carbocycles. The Labute approximate surface area is 155 Å². The number of unbranched alkanes of at least 4 members (excludes halogenated alkanes) is 3. The van der Waals surface area contributed by atoms with Crippen LogP contribution < -0.4 is 0 Å². The lowest BCUT2D eigenvalue weighted by Crippen LogP contribution is -2.11. The van der Waals surface area contributed by atoms with Gasteiger partial charge in [-0.2, -0.15) is 0 Å². The van der Waals surface area contributed by atoms with Crippen LogP contribution in [0.15, 0.2) is 0 Å². The molecule has 0 radical (unpaired) electrons. The number of rotatable bonds is 8. The Bertz CT molecular complexity index is 627. The van der Waals surface area contributed by atoms with E-state index < -0.39 is 46.3 Å². The van der Waals surface area contributed by atoms with Crippen molar-refractivity contribution in [2.45, 2.75) is 59.8 Å². The molecule has 27 heavy (non-hydrogen) atoms. The van der Waals surface area contributed by atoms with Crippen LogP contribution in [0.25, 0.3) is 0 Å². The number of carbonyl (C=O) groups excluding carboxylic acids is 1. The van der Waals surface area contributed by atoms with Crippen molar-refractivity contribution in [3.05, 3.63) is 34.4 Å². The molecule has 1 rings (SSSR count). The van der Waals surface area contributed by atoms with Crippen molar-refractivity contribution in [3.63, 3.8) is 0 Å². The molecule has 0 aliphatic heterocycles. The minimum absolute atomic E-state index is 0. The zero-order valence-corrected chi connectivity index (χ0v) is 14.4. The molecule has 5 nitrogen and oxygen atoms in total. The van der Waals surface area contributed by atoms with Crippen LogP contribution in [0.3, 0.4) is 0 Å². The number of Topliss-reactive ketones (excluding diaryl/α,β-unsaturated/α-hetero) is 1. The second-order valence-corrected chi connectivity index (χ2v) is 5.57. The number of halogens is 4. The summed E-state index contributed by atoms with van der Waals surface area (Å²) in [6.07, 6.45) is 4.39. The number of carboxylic acid groups (broad SMARTS) is 2. The maximum absolute atomic E-state index is 12.8. The third-order valence-corrected chi connectivity index (χ3v) is 3.39. The van der Waals surface area contributed by atoms with Gasteiger partial charge >= 0.3 is 11.9 Å². The van der Waals surface area contributed by atoms with Gasteiger partial charge in [0.05, 0.1) is 0 Å². The quantitative estimate of drug-likeness (QED) is 0.283. The highest BCUT2D eigenvalue weighted by atomic mass is 19.2. The van der Waals surface area contributed by atoms with Crippen LogP contribution >= 0.6 is 0 Å². The molecule has 1 aromatic rings. The Kier molecular flexibility index (Phi) is 12.7. The predicted octanol–water partition coefficient (Wildman–Crippen LogP) is 4.89. The number of hydrogen-bond donors (Lipinski definition) is 2. The Balaban J connectivity index is 0. The van der Waals surface area contributed by atoms with E-state index in [1.165, 1.54) is 0 Å². The molecule has 0 unspecified atom stereocenters. The average molecular weight is 396 g/mol. The van der Waals surface area contributed by atoms with Crippen LogP contribution in [0.1, 0.15) is 68.8 Å². The largest absolute Gasteiger partial charge is 0.481 e. The van der Waals surface area contributed by atoms with E-state index in [9.17, 15) is 31.9 Å². The van der Waals surface area contributed by atoms with E-state index in [2.05, 4.69) is 0 Å². The summed E-state index contributed by atoms with van der Waals surface area (Å²) >= 11 is 0. The first-order valence-corrected chi connectivity index (χ1v) is 7.77. The van der Waals surface area contributed by atoms with Gasteiger partial charge in [-0.1, -0.05) is 20.3 Å². The van der Waals surface area contributed by atoms with Gasteiger partial charge in [0.1, 0.15) is 11.3 Å². The summed E-state index contributed by atoms with van der Waals surface area (Å²) in [5.41, 5.74) is -1.96. The molecule has 0 amide bonds. The molecule has 9 heteroatoms. The van der Waals surface area contributed by atoms with Gasteiger partial charge in [0.2, 0.25) is 0 Å². The fourth-order valence-electron chi connectivity index (χ4n) is 2.00. The average Bonchev–Trinajstić information content (AvgIpc) is 2.54. The summed E-state index contributed by atoms with van der Waals surface area (Å²) in [7, 11) is 0. The lowest BCUT2D eigenvalue weighted by atomic mass is 10.1. The van der Waals surface area contributed by atoms with E-state index in [-0.39, 0.29) is 19.6 Å². The number of hydrogen-bond acceptors (Lipinski definition) is 3. The molecule has 2 N–H and O–H groups in total. The number of aliphatic carboxylic acids is 1. The SMILES string of the molecule is C.CC(=O)CCCCCCC(=O)O.Cc1c(F)c(F)c(F)c(F)c1C(=O)O. The van der Waals surface area contributed by atoms with Crippen molar-refractivity contribution in [2.75, 3.05) is 0 Å². The number of carboxylic acids is 2. The molecule has 0 spiro atoms. The van der Waals surface area contributed by atoms with Gasteiger partial charge in [-0.3, -0.25) is 4.79 Å². The molecular formula is C18H24F4O5. The minimum atomic E-state index is -2.12. The Morgan fingerprint density at radius 1 is 0.778 bits per heavy atom. The first-order chi connectivity index (χ1) is 12.0. The van der Waals surface area contributed by atoms with Crippen molar-refractivity contribution in [2.24, 2.45) is 0 Å². The van der Waals surface area contributed by atoms with Gasteiger partial charge in [0, 0.05) is 18.4 Å². The molecule has 0 aliphatic carbocycles. The summed E-state index contributed by atoms with van der Waals surface area (Å²) in [5.74, 6) is -10.1. The van der Waals surface area contributed by atoms with Crippen LogP contribution in [0.5, 0.6) is 0 Å². The molecule has 0 fully saturated rings. The van der Waals surface area contributed by atoms with Gasteiger partial charge in [-0.25, -0.2) is 22.4 Å². The normalized spacial score (nSPS) is 9.70. The third-order valence-electron chi connectivity index (χ3n) is 3.39. The van der Waals surface area contributed by atoms with E-state index in [0.717, 1.165) is 32.6 Å². The first-order valence-electron chi connectivity index (χ1n) is 7.77. The summed E-state index contributed by atoms with van der Waals surface area (Å²) in [6, 6.07) is 0. The standard InChI is InChI=1S/C9H16O3.C8H4F4O2.CH4/c1-8(10)6-4-2-3-5-7-9(11)12;1-2-3(8(13)14)5(10)7(12)6(11)4(2)9;/h2-7H2,1H3,(H,11,12);1H3,(H,13,14);1H4. The van der Waals surface area contributed by atoms with E-state index in [0.29, 0.717) is 6.42 Å². The highest BCUT2D eigenvalue weighted by molar-refractivity contribution is 5.89. The molecule has 0 aliphatic rings. The van der Waals surface area contributed by atoms with Gasteiger partial charge in [0.15, 0.2) is 23.3 Å². The van der Waals surface area contributed by atoms with Crippen molar-refractivity contribution in [3.8, 4) is 0 Å². The third kappa shape index (κ3) is 9.16. The maximum atomic E-state index is 12.8. The van der Waals surface area contributed by atoms with E-state index in [1.807, 2.05) is 0 Å². The fraction of sp³-hybridized carbons (Fsp3) is 0.500. The summed E-state index contributed by atoms with van der Waals surface area (Å²) < 4.78 is 50.6. The smallest absolute Gasteiger partial charge is 0.339 e. The molecule has 0 bridgehead atoms. The zero-order chi connectivity index (χ0) is 20.4. The number of aromatic carboxylic acids is 1. The number of carbonyl (C=O) groups is 3. The second-order valence-electron chi connectivity index (χ2n) is 5.57. The van der Waals surface area contributed by atoms with Crippen LogP contribution in [0.4, 0.5) is 17.6 Å². The lowest BCUT2D eigenvalue weighted by Gasteiger charge is -2.05. The van der Waals surface area contributed by atoms with E-state index in [1.54, 1.807) is 6.92 Å². The highest BCUT2D eigenvalue weighted by Crippen LogP contribution is 2.23. The highest BCUT2D eigenvalue weighted by Gasteiger charge is 2.26. The molecule has 0 atom stereocenters. The molecule has 0 heterocycles. The van der Waals surface area contributed by atoms with E-state index >= 15 is 0 Å². The van der Waals surface area contributed by atoms with Gasteiger partial charge in [-0.15, -0.1) is 0 Å². The molecule has 1 aromatic carbocycles. The Hall–Kier alpha value is -2.45. The maximum Gasteiger partial charge on any atom is 0.339 e. The monoisotopic (exact) mass is 396 g/mol. The summed E-state index contributed by atoms with van der Waals surface area (Å²) in [6.45, 7) is 2.43. The van der Waals surface area contributed by atoms with Crippen LogP contribution in [-0.4, -0.2) is 27.9 Å². The van der Waals surface area contributed by atoms with E-state index in [4.69, 9.17) is 10.2 Å². The summed E-state index contributed by atoms with van der Waals surface area (Å²) in [4.78, 5) is 30.9. The fourth-order valence-corrected chi connectivity index (χ4v) is 2.00. The van der Waals surface area contributed by atoms with Crippen molar-refractivity contribution < 1.29 is 42.2 Å². The Morgan fingerprint density at radius 3 is 1.63 bits per heavy atom. The van der Waals surface area contributed by atoms with Crippen LogP contribution in [0, 0.1) is 30.2 Å². The zero-order valence-electron chi connectivity index (χ0n) is 14.4. The lowest BCUT2D eigenvalue weighted by molar-refractivity contribution is -0.137. The molecule has 0 aromatic heterocycles. The van der Waals surface area contributed by atoms with Crippen LogP contribution in [-0.2, 0) is 9.59 Å². The second kappa shape index (κ2) is 12.8. The first kappa shape index (κ1) is 26.8. The minimum Gasteiger partial charge on any atom is -0.481 e. The number of ketones is 1. The molecule has 0 saturated heterocycles. The van der Waals surface area contributed by atoms with Gasteiger partial charge < -0.3 is 15.0 Å².